The van der Waals surface area contributed by atoms with Gasteiger partial charge < -0.3 is 20.5 Å². The van der Waals surface area contributed by atoms with Gasteiger partial charge in [0.2, 0.25) is 0 Å². The summed E-state index contributed by atoms with van der Waals surface area (Å²) in [6, 6.07) is 4.99. The van der Waals surface area contributed by atoms with Crippen LogP contribution in [-0.4, -0.2) is 31.8 Å². The summed E-state index contributed by atoms with van der Waals surface area (Å²) < 4.78 is 10.6. The Bertz CT molecular complexity index is 444. The number of nitrogen functional groups attached to an aromatic ring is 1. The van der Waals surface area contributed by atoms with Crippen LogP contribution in [0, 0.1) is 0 Å². The summed E-state index contributed by atoms with van der Waals surface area (Å²) in [5.41, 5.74) is 6.33. The predicted octanol–water partition coefficient (Wildman–Crippen LogP) is 1.82. The van der Waals surface area contributed by atoms with E-state index in [2.05, 4.69) is 5.32 Å². The van der Waals surface area contributed by atoms with Gasteiger partial charge in [0.15, 0.2) is 0 Å². The molecule has 106 valence electrons. The second-order valence-corrected chi connectivity index (χ2v) is 4.87. The van der Waals surface area contributed by atoms with E-state index in [9.17, 15) is 4.79 Å². The molecule has 0 radical (unpaired) electrons. The van der Waals surface area contributed by atoms with Gasteiger partial charge >= 0.3 is 0 Å². The minimum absolute atomic E-state index is 0.196. The Morgan fingerprint density at radius 3 is 2.63 bits per heavy atom. The number of amides is 1. The summed E-state index contributed by atoms with van der Waals surface area (Å²) in [7, 11) is 1.61. The Morgan fingerprint density at radius 2 is 2.05 bits per heavy atom. The average Bonchev–Trinajstić information content (AvgIpc) is 2.36. The van der Waals surface area contributed by atoms with Gasteiger partial charge in [-0.15, -0.1) is 0 Å². The van der Waals surface area contributed by atoms with Crippen molar-refractivity contribution in [2.75, 3.05) is 26.0 Å². The molecule has 1 aromatic carbocycles. The van der Waals surface area contributed by atoms with Gasteiger partial charge in [-0.25, -0.2) is 0 Å². The molecule has 0 saturated heterocycles. The van der Waals surface area contributed by atoms with Gasteiger partial charge in [-0.3, -0.25) is 4.79 Å². The van der Waals surface area contributed by atoms with Crippen LogP contribution in [0.15, 0.2) is 18.2 Å². The van der Waals surface area contributed by atoms with Crippen LogP contribution in [0.3, 0.4) is 0 Å². The maximum absolute atomic E-state index is 12.0. The number of ether oxygens (including phenoxy) is 2. The highest BCUT2D eigenvalue weighted by Gasteiger charge is 2.18. The normalized spacial score (nSPS) is 11.2. The third-order valence-electron chi connectivity index (χ3n) is 2.73. The van der Waals surface area contributed by atoms with Gasteiger partial charge in [-0.2, -0.15) is 0 Å². The molecule has 1 rings (SSSR count). The minimum Gasteiger partial charge on any atom is -0.494 e. The molecule has 0 fully saturated rings. The van der Waals surface area contributed by atoms with Gasteiger partial charge in [-0.1, -0.05) is 0 Å². The van der Waals surface area contributed by atoms with Crippen molar-refractivity contribution in [1.82, 2.24) is 5.32 Å². The fraction of sp³-hybridized carbons (Fsp3) is 0.500. The Morgan fingerprint density at radius 1 is 1.37 bits per heavy atom. The number of nitrogens with one attached hydrogen (secondary N) is 1. The highest BCUT2D eigenvalue weighted by atomic mass is 16.5. The van der Waals surface area contributed by atoms with Crippen LogP contribution in [0.2, 0.25) is 0 Å². The number of hydrogen-bond donors (Lipinski definition) is 2. The van der Waals surface area contributed by atoms with Crippen molar-refractivity contribution in [2.45, 2.75) is 26.4 Å². The van der Waals surface area contributed by atoms with Crippen LogP contribution in [0.1, 0.15) is 31.1 Å². The number of hydrogen-bond acceptors (Lipinski definition) is 4. The lowest BCUT2D eigenvalue weighted by Crippen LogP contribution is -2.39. The molecule has 0 aromatic heterocycles. The van der Waals surface area contributed by atoms with Crippen molar-refractivity contribution in [3.8, 4) is 5.75 Å². The minimum atomic E-state index is -0.404. The summed E-state index contributed by atoms with van der Waals surface area (Å²) in [4.78, 5) is 12.0. The van der Waals surface area contributed by atoms with E-state index < -0.39 is 5.60 Å². The first kappa shape index (κ1) is 15.3. The lowest BCUT2D eigenvalue weighted by molar-refractivity contribution is 0.0229. The third kappa shape index (κ3) is 4.79. The van der Waals surface area contributed by atoms with Gasteiger partial charge in [0.25, 0.3) is 5.91 Å². The summed E-state index contributed by atoms with van der Waals surface area (Å²) in [6.07, 6.45) is 0. The van der Waals surface area contributed by atoms with Crippen LogP contribution in [0.4, 0.5) is 5.69 Å². The zero-order valence-corrected chi connectivity index (χ0v) is 11.9. The van der Waals surface area contributed by atoms with Crippen LogP contribution < -0.4 is 15.8 Å². The molecule has 0 saturated carbocycles. The van der Waals surface area contributed by atoms with E-state index in [1.54, 1.807) is 25.3 Å². The molecule has 5 nitrogen and oxygen atoms in total. The second-order valence-electron chi connectivity index (χ2n) is 4.87. The number of carbonyl (C=O) groups is 1. The van der Waals surface area contributed by atoms with E-state index in [0.29, 0.717) is 30.2 Å². The van der Waals surface area contributed by atoms with Crippen molar-refractivity contribution in [1.29, 1.82) is 0 Å². The molecule has 1 aromatic rings. The second kappa shape index (κ2) is 6.43. The maximum atomic E-state index is 12.0. The Balaban J connectivity index is 2.76. The molecule has 0 unspecified atom stereocenters. The molecule has 0 bridgehead atoms. The third-order valence-corrected chi connectivity index (χ3v) is 2.73. The number of benzene rings is 1. The van der Waals surface area contributed by atoms with Crippen LogP contribution in [0.5, 0.6) is 5.75 Å². The number of methoxy groups -OCH3 is 1. The Kier molecular flexibility index (Phi) is 5.18. The van der Waals surface area contributed by atoms with Crippen molar-refractivity contribution in [2.24, 2.45) is 0 Å². The summed E-state index contributed by atoms with van der Waals surface area (Å²) >= 11 is 0. The number of rotatable bonds is 6. The molecule has 0 aliphatic heterocycles. The lowest BCUT2D eigenvalue weighted by Gasteiger charge is -2.23. The van der Waals surface area contributed by atoms with Gasteiger partial charge in [0.1, 0.15) is 5.75 Å². The van der Waals surface area contributed by atoms with E-state index in [4.69, 9.17) is 15.2 Å². The van der Waals surface area contributed by atoms with Gasteiger partial charge in [0.05, 0.1) is 12.2 Å². The molecule has 0 aliphatic rings. The first-order valence-corrected chi connectivity index (χ1v) is 6.24. The van der Waals surface area contributed by atoms with Crippen molar-refractivity contribution >= 4 is 11.6 Å². The standard InChI is InChI=1S/C14H22N2O3/c1-5-19-12-7-10(6-11(15)8-12)13(17)16-9-14(2,3)18-4/h6-8H,5,9,15H2,1-4H3,(H,16,17). The average molecular weight is 266 g/mol. The molecular weight excluding hydrogens is 244 g/mol. The monoisotopic (exact) mass is 266 g/mol. The van der Waals surface area contributed by atoms with E-state index in [1.807, 2.05) is 20.8 Å². The molecule has 19 heavy (non-hydrogen) atoms. The van der Waals surface area contributed by atoms with Crippen LogP contribution >= 0.6 is 0 Å². The first-order chi connectivity index (χ1) is 8.88. The molecular formula is C14H22N2O3. The Labute approximate surface area is 114 Å². The van der Waals surface area contributed by atoms with Gasteiger partial charge in [-0.05, 0) is 32.9 Å². The summed E-state index contributed by atoms with van der Waals surface area (Å²) in [5.74, 6) is 0.400. The molecule has 3 N–H and O–H groups in total. The van der Waals surface area contributed by atoms with E-state index in [0.717, 1.165) is 0 Å². The van der Waals surface area contributed by atoms with E-state index in [1.165, 1.54) is 0 Å². The summed E-state index contributed by atoms with van der Waals surface area (Å²) in [5, 5.41) is 2.81. The molecule has 0 aliphatic carbocycles. The lowest BCUT2D eigenvalue weighted by atomic mass is 10.1. The van der Waals surface area contributed by atoms with Crippen LogP contribution in [-0.2, 0) is 4.74 Å². The molecule has 1 amide bonds. The zero-order chi connectivity index (χ0) is 14.5. The number of nitrogens with two attached hydrogens (primary N) is 1. The SMILES string of the molecule is CCOc1cc(N)cc(C(=O)NCC(C)(C)OC)c1. The summed E-state index contributed by atoms with van der Waals surface area (Å²) in [6.45, 7) is 6.63. The predicted molar refractivity (Wildman–Crippen MR) is 75.4 cm³/mol. The van der Waals surface area contributed by atoms with Crippen molar-refractivity contribution in [3.05, 3.63) is 23.8 Å². The fourth-order valence-corrected chi connectivity index (χ4v) is 1.47. The molecule has 5 heteroatoms. The largest absolute Gasteiger partial charge is 0.494 e. The highest BCUT2D eigenvalue weighted by molar-refractivity contribution is 5.95. The van der Waals surface area contributed by atoms with Gasteiger partial charge in [0, 0.05) is 31.0 Å². The molecule has 0 atom stereocenters. The fourth-order valence-electron chi connectivity index (χ4n) is 1.47. The molecule has 0 heterocycles. The van der Waals surface area contributed by atoms with Crippen LogP contribution in [0.25, 0.3) is 0 Å². The first-order valence-electron chi connectivity index (χ1n) is 6.24. The molecule has 0 spiro atoms. The van der Waals surface area contributed by atoms with E-state index in [-0.39, 0.29) is 5.91 Å². The number of carbonyl (C=O) groups excluding carboxylic acids is 1. The maximum Gasteiger partial charge on any atom is 0.251 e. The highest BCUT2D eigenvalue weighted by Crippen LogP contribution is 2.19. The smallest absolute Gasteiger partial charge is 0.251 e. The zero-order valence-electron chi connectivity index (χ0n) is 11.9. The van der Waals surface area contributed by atoms with Crippen molar-refractivity contribution in [3.63, 3.8) is 0 Å². The van der Waals surface area contributed by atoms with E-state index >= 15 is 0 Å². The topological polar surface area (TPSA) is 73.6 Å². The number of anilines is 1. The quantitative estimate of drug-likeness (QED) is 0.770. The van der Waals surface area contributed by atoms with Crippen molar-refractivity contribution < 1.29 is 14.3 Å². The Hall–Kier alpha value is -1.75.